The summed E-state index contributed by atoms with van der Waals surface area (Å²) in [6.45, 7) is 1.78. The maximum Gasteiger partial charge on any atom is 0.271 e. The highest BCUT2D eigenvalue weighted by molar-refractivity contribution is 9.10. The third-order valence-corrected chi connectivity index (χ3v) is 6.49. The molecule has 0 radical (unpaired) electrons. The molecule has 0 saturated carbocycles. The van der Waals surface area contributed by atoms with Gasteiger partial charge in [0.15, 0.2) is 11.8 Å². The predicted octanol–water partition coefficient (Wildman–Crippen LogP) is 5.84. The number of amidine groups is 1. The zero-order valence-electron chi connectivity index (χ0n) is 19.0. The number of methoxy groups -OCH3 is 1. The summed E-state index contributed by atoms with van der Waals surface area (Å²) in [5, 5.41) is 11.2. The summed E-state index contributed by atoms with van der Waals surface area (Å²) in [6.07, 6.45) is 1.67. The van der Waals surface area contributed by atoms with Crippen molar-refractivity contribution in [1.29, 1.82) is 5.41 Å². The highest BCUT2D eigenvalue weighted by Gasteiger charge is 2.33. The van der Waals surface area contributed by atoms with Crippen LogP contribution in [0.15, 0.2) is 76.1 Å². The van der Waals surface area contributed by atoms with Gasteiger partial charge in [0.05, 0.1) is 17.7 Å². The molecule has 0 bridgehead atoms. The normalized spacial score (nSPS) is 14.4. The molecule has 0 atom stereocenters. The Balaban J connectivity index is 1.50. The second kappa shape index (κ2) is 10.8. The Morgan fingerprint density at radius 3 is 2.51 bits per heavy atom. The van der Waals surface area contributed by atoms with E-state index >= 15 is 0 Å². The lowest BCUT2D eigenvalue weighted by molar-refractivity contribution is -0.118. The minimum absolute atomic E-state index is 0.0985. The van der Waals surface area contributed by atoms with Gasteiger partial charge in [0, 0.05) is 15.7 Å². The highest BCUT2D eigenvalue weighted by Crippen LogP contribution is 2.37. The molecule has 1 saturated heterocycles. The van der Waals surface area contributed by atoms with Gasteiger partial charge in [-0.25, -0.2) is 0 Å². The van der Waals surface area contributed by atoms with Crippen LogP contribution in [-0.2, 0) is 9.59 Å². The Kier molecular flexibility index (Phi) is 7.57. The summed E-state index contributed by atoms with van der Waals surface area (Å²) in [5.74, 6) is 0.502. The molecule has 0 aliphatic carbocycles. The maximum absolute atomic E-state index is 13.1. The molecule has 0 unspecified atom stereocenters. The number of hydrogen-bond acceptors (Lipinski definition) is 6. The Labute approximate surface area is 215 Å². The minimum Gasteiger partial charge on any atom is -0.497 e. The van der Waals surface area contributed by atoms with Crippen LogP contribution in [0.1, 0.15) is 11.1 Å². The van der Waals surface area contributed by atoms with Gasteiger partial charge in [-0.05, 0) is 79.4 Å². The summed E-state index contributed by atoms with van der Waals surface area (Å²) in [4.78, 5) is 27.2. The number of nitrogens with zero attached hydrogens (tertiary/aromatic N) is 1. The van der Waals surface area contributed by atoms with Crippen LogP contribution < -0.4 is 19.7 Å². The van der Waals surface area contributed by atoms with Gasteiger partial charge < -0.3 is 14.8 Å². The fourth-order valence-electron chi connectivity index (χ4n) is 3.33. The van der Waals surface area contributed by atoms with E-state index in [2.05, 4.69) is 21.2 Å². The zero-order chi connectivity index (χ0) is 24.9. The smallest absolute Gasteiger partial charge is 0.271 e. The minimum atomic E-state index is -0.312. The van der Waals surface area contributed by atoms with Crippen molar-refractivity contribution in [2.24, 2.45) is 0 Å². The molecule has 1 fully saturated rings. The van der Waals surface area contributed by atoms with Gasteiger partial charge in [0.2, 0.25) is 0 Å². The standard InChI is InChI=1S/C26H22BrN3O4S/c1-16-3-6-19(7-4-16)29-24(31)15-34-22-12-5-18(27)13-17(22)14-23-25(32)30(26(28)35-23)20-8-10-21(33-2)11-9-20/h3-14,28H,15H2,1-2H3,(H,29,31)/b23-14-,28-26?. The zero-order valence-corrected chi connectivity index (χ0v) is 21.4. The molecule has 2 N–H and O–H groups in total. The van der Waals surface area contributed by atoms with Crippen molar-refractivity contribution in [2.75, 3.05) is 23.9 Å². The number of halogens is 1. The number of benzene rings is 3. The topological polar surface area (TPSA) is 91.7 Å². The van der Waals surface area contributed by atoms with Crippen LogP contribution >= 0.6 is 27.7 Å². The number of carbonyl (C=O) groups is 2. The SMILES string of the molecule is COc1ccc(N2C(=N)S/C(=C\c3cc(Br)ccc3OCC(=O)Nc3ccc(C)cc3)C2=O)cc1. The van der Waals surface area contributed by atoms with E-state index in [-0.39, 0.29) is 23.6 Å². The molecule has 35 heavy (non-hydrogen) atoms. The summed E-state index contributed by atoms with van der Waals surface area (Å²) < 4.78 is 11.7. The van der Waals surface area contributed by atoms with Crippen molar-refractivity contribution in [3.63, 3.8) is 0 Å². The number of carbonyl (C=O) groups excluding carboxylic acids is 2. The first-order valence-electron chi connectivity index (χ1n) is 10.6. The van der Waals surface area contributed by atoms with E-state index in [0.717, 1.165) is 21.8 Å². The lowest BCUT2D eigenvalue weighted by atomic mass is 10.2. The molecule has 1 heterocycles. The second-order valence-electron chi connectivity index (χ2n) is 7.64. The van der Waals surface area contributed by atoms with E-state index in [1.165, 1.54) is 4.90 Å². The molecule has 2 amide bonds. The van der Waals surface area contributed by atoms with Crippen molar-refractivity contribution in [3.8, 4) is 11.5 Å². The Morgan fingerprint density at radius 1 is 1.11 bits per heavy atom. The van der Waals surface area contributed by atoms with E-state index in [9.17, 15) is 9.59 Å². The second-order valence-corrected chi connectivity index (χ2v) is 9.59. The van der Waals surface area contributed by atoms with Gasteiger partial charge in [-0.3, -0.25) is 19.9 Å². The van der Waals surface area contributed by atoms with Crippen LogP contribution in [0.5, 0.6) is 11.5 Å². The molecule has 9 heteroatoms. The number of hydrogen-bond donors (Lipinski definition) is 2. The quantitative estimate of drug-likeness (QED) is 0.360. The molecule has 178 valence electrons. The molecule has 0 aromatic heterocycles. The summed E-state index contributed by atoms with van der Waals surface area (Å²) in [5.41, 5.74) is 2.98. The number of ether oxygens (including phenoxy) is 2. The number of amides is 2. The van der Waals surface area contributed by atoms with Crippen molar-refractivity contribution >= 4 is 62.1 Å². The molecule has 7 nitrogen and oxygen atoms in total. The first kappa shape index (κ1) is 24.6. The first-order chi connectivity index (χ1) is 16.8. The number of anilines is 2. The molecule has 1 aliphatic heterocycles. The fraction of sp³-hybridized carbons (Fsp3) is 0.115. The summed E-state index contributed by atoms with van der Waals surface area (Å²) in [7, 11) is 1.57. The van der Waals surface area contributed by atoms with Crippen molar-refractivity contribution < 1.29 is 19.1 Å². The summed E-state index contributed by atoms with van der Waals surface area (Å²) >= 11 is 4.51. The lowest BCUT2D eigenvalue weighted by Crippen LogP contribution is -2.28. The predicted molar refractivity (Wildman–Crippen MR) is 143 cm³/mol. The van der Waals surface area contributed by atoms with E-state index in [1.807, 2.05) is 31.2 Å². The molecule has 4 rings (SSSR count). The number of aryl methyl sites for hydroxylation is 1. The third-order valence-electron chi connectivity index (χ3n) is 5.11. The largest absolute Gasteiger partial charge is 0.497 e. The van der Waals surface area contributed by atoms with Crippen molar-refractivity contribution in [2.45, 2.75) is 6.92 Å². The number of thioether (sulfide) groups is 1. The van der Waals surface area contributed by atoms with Gasteiger partial charge in [-0.1, -0.05) is 33.6 Å². The van der Waals surface area contributed by atoms with Crippen molar-refractivity contribution in [1.82, 2.24) is 0 Å². The van der Waals surface area contributed by atoms with E-state index in [4.69, 9.17) is 14.9 Å². The van der Waals surface area contributed by atoms with E-state index < -0.39 is 0 Å². The molecule has 3 aromatic rings. The Morgan fingerprint density at radius 2 is 1.83 bits per heavy atom. The summed E-state index contributed by atoms with van der Waals surface area (Å²) in [6, 6.07) is 19.8. The first-order valence-corrected chi connectivity index (χ1v) is 12.2. The molecular formula is C26H22BrN3O4S. The van der Waals surface area contributed by atoms with Crippen LogP contribution in [0.2, 0.25) is 0 Å². The fourth-order valence-corrected chi connectivity index (χ4v) is 4.57. The van der Waals surface area contributed by atoms with Crippen LogP contribution in [0.4, 0.5) is 11.4 Å². The van der Waals surface area contributed by atoms with Crippen LogP contribution in [0.3, 0.4) is 0 Å². The van der Waals surface area contributed by atoms with E-state index in [0.29, 0.717) is 33.3 Å². The Hall–Kier alpha value is -3.56. The average molecular weight is 552 g/mol. The number of nitrogens with one attached hydrogen (secondary N) is 2. The molecule has 1 aliphatic rings. The number of rotatable bonds is 7. The molecule has 0 spiro atoms. The van der Waals surface area contributed by atoms with Gasteiger partial charge in [-0.15, -0.1) is 0 Å². The van der Waals surface area contributed by atoms with Gasteiger partial charge in [-0.2, -0.15) is 0 Å². The maximum atomic E-state index is 13.1. The average Bonchev–Trinajstić information content (AvgIpc) is 3.12. The van der Waals surface area contributed by atoms with Gasteiger partial charge in [0.1, 0.15) is 11.5 Å². The Bertz CT molecular complexity index is 1310. The molecular weight excluding hydrogens is 530 g/mol. The monoisotopic (exact) mass is 551 g/mol. The lowest BCUT2D eigenvalue weighted by Gasteiger charge is -2.14. The van der Waals surface area contributed by atoms with Crippen molar-refractivity contribution in [3.05, 3.63) is 87.2 Å². The van der Waals surface area contributed by atoms with Crippen LogP contribution in [0.25, 0.3) is 6.08 Å². The third kappa shape index (κ3) is 5.93. The van der Waals surface area contributed by atoms with Gasteiger partial charge in [0.25, 0.3) is 11.8 Å². The van der Waals surface area contributed by atoms with Crippen LogP contribution in [0, 0.1) is 12.3 Å². The van der Waals surface area contributed by atoms with Gasteiger partial charge >= 0.3 is 0 Å². The molecule has 3 aromatic carbocycles. The van der Waals surface area contributed by atoms with Crippen LogP contribution in [-0.4, -0.2) is 30.7 Å². The van der Waals surface area contributed by atoms with E-state index in [1.54, 1.807) is 55.7 Å². The highest BCUT2D eigenvalue weighted by atomic mass is 79.9.